The molecular weight excluding hydrogens is 680 g/mol. The predicted octanol–water partition coefficient (Wildman–Crippen LogP) is 5.38. The van der Waals surface area contributed by atoms with Crippen LogP contribution in [0.4, 0.5) is 0 Å². The van der Waals surface area contributed by atoms with Crippen LogP contribution < -0.4 is 5.32 Å². The fourth-order valence-electron chi connectivity index (χ4n) is 4.42. The Balaban J connectivity index is 0.000000163. The van der Waals surface area contributed by atoms with Crippen LogP contribution in [0.2, 0.25) is 0 Å². The second kappa shape index (κ2) is 15.9. The number of carbonyl (C=O) groups excluding carboxylic acids is 1. The summed E-state index contributed by atoms with van der Waals surface area (Å²) in [7, 11) is 3.59. The van der Waals surface area contributed by atoms with E-state index in [1.807, 2.05) is 30.3 Å². The van der Waals surface area contributed by atoms with Crippen LogP contribution in [-0.2, 0) is 27.2 Å². The number of amides is 1. The number of pyridine rings is 2. The third-order valence-corrected chi connectivity index (χ3v) is 8.13. The highest BCUT2D eigenvalue weighted by molar-refractivity contribution is 9.10. The number of halogens is 2. The minimum atomic E-state index is -0.990. The van der Waals surface area contributed by atoms with Gasteiger partial charge in [0.1, 0.15) is 14.9 Å². The van der Waals surface area contributed by atoms with E-state index in [0.29, 0.717) is 18.3 Å². The summed E-state index contributed by atoms with van der Waals surface area (Å²) in [4.78, 5) is 40.8. The quantitative estimate of drug-likeness (QED) is 0.233. The van der Waals surface area contributed by atoms with Gasteiger partial charge >= 0.3 is 5.97 Å². The number of carboxylic acid groups (broad SMARTS) is 1. The second-order valence-corrected chi connectivity index (χ2v) is 12.3. The molecule has 0 spiro atoms. The van der Waals surface area contributed by atoms with Gasteiger partial charge in [-0.2, -0.15) is 0 Å². The van der Waals surface area contributed by atoms with Crippen molar-refractivity contribution >= 4 is 43.7 Å². The Kier molecular flexibility index (Phi) is 12.0. The molecule has 228 valence electrons. The number of rotatable bonds is 8. The molecule has 0 saturated heterocycles. The van der Waals surface area contributed by atoms with Gasteiger partial charge in [-0.1, -0.05) is 6.42 Å². The SMILES string of the molecule is Brc1cc(CNC2CCC2)ccn1.Cn1cnc(C(=O)N(Cc2ccnc(Br)c2)C2CCC2)c1.Cn1cnc(C(=O)O)c1. The molecule has 43 heavy (non-hydrogen) atoms. The Bertz CT molecular complexity index is 1500. The Morgan fingerprint density at radius 3 is 1.88 bits per heavy atom. The van der Waals surface area contributed by atoms with Crippen molar-refractivity contribution in [3.05, 3.63) is 93.4 Å². The van der Waals surface area contributed by atoms with Gasteiger partial charge in [-0.05, 0) is 99.4 Å². The van der Waals surface area contributed by atoms with Crippen molar-refractivity contribution in [3.8, 4) is 0 Å². The number of nitrogens with zero attached hydrogens (tertiary/aromatic N) is 7. The van der Waals surface area contributed by atoms with E-state index in [9.17, 15) is 9.59 Å². The minimum Gasteiger partial charge on any atom is -0.476 e. The Morgan fingerprint density at radius 1 is 0.884 bits per heavy atom. The summed E-state index contributed by atoms with van der Waals surface area (Å²) in [6.07, 6.45) is 17.3. The molecule has 11 nitrogen and oxygen atoms in total. The molecule has 4 aromatic rings. The van der Waals surface area contributed by atoms with Crippen LogP contribution in [-0.4, -0.2) is 63.0 Å². The lowest BCUT2D eigenvalue weighted by Crippen LogP contribution is -2.43. The zero-order chi connectivity index (χ0) is 30.8. The van der Waals surface area contributed by atoms with Crippen molar-refractivity contribution in [1.29, 1.82) is 0 Å². The first-order valence-electron chi connectivity index (χ1n) is 14.1. The van der Waals surface area contributed by atoms with Crippen molar-refractivity contribution in [3.63, 3.8) is 0 Å². The zero-order valence-electron chi connectivity index (χ0n) is 24.2. The van der Waals surface area contributed by atoms with Crippen LogP contribution in [0, 0.1) is 0 Å². The maximum atomic E-state index is 12.7. The van der Waals surface area contributed by atoms with Crippen LogP contribution in [0.15, 0.2) is 70.9 Å². The molecule has 0 unspecified atom stereocenters. The maximum Gasteiger partial charge on any atom is 0.356 e. The van der Waals surface area contributed by atoms with Crippen LogP contribution in [0.5, 0.6) is 0 Å². The van der Waals surface area contributed by atoms with Crippen molar-refractivity contribution in [2.45, 2.75) is 63.7 Å². The molecule has 2 aliphatic carbocycles. The van der Waals surface area contributed by atoms with Gasteiger partial charge in [-0.25, -0.2) is 24.7 Å². The first kappa shape index (κ1) is 32.5. The molecular formula is C30H36Br2N8O3. The van der Waals surface area contributed by atoms with Crippen molar-refractivity contribution in [2.75, 3.05) is 0 Å². The molecule has 0 aromatic carbocycles. The van der Waals surface area contributed by atoms with Crippen molar-refractivity contribution < 1.29 is 14.7 Å². The van der Waals surface area contributed by atoms with Crippen LogP contribution in [0.25, 0.3) is 0 Å². The fraction of sp³-hybridized carbons (Fsp3) is 0.400. The standard InChI is InChI=1S/C15H17BrN4O.C10H13BrN2.C5H6N2O2/c1-19-9-13(18-10-19)15(21)20(12-3-2-4-12)8-11-5-6-17-14(16)7-11;11-10-6-8(4-5-12-10)7-13-9-2-1-3-9;1-7-2-4(5(8)9)6-3-7/h5-7,9-10,12H,2-4,8H2,1H3;4-6,9,13H,1-3,7H2;2-3H,1H3,(H,8,9). The summed E-state index contributed by atoms with van der Waals surface area (Å²) in [6, 6.07) is 9.10. The number of carbonyl (C=O) groups is 2. The summed E-state index contributed by atoms with van der Waals surface area (Å²) < 4.78 is 5.10. The van der Waals surface area contributed by atoms with Gasteiger partial charge in [0.05, 0.1) is 12.7 Å². The number of aromatic nitrogens is 6. The number of nitrogens with one attached hydrogen (secondary N) is 1. The topological polar surface area (TPSA) is 131 Å². The van der Waals surface area contributed by atoms with Gasteiger partial charge in [-0.15, -0.1) is 0 Å². The highest BCUT2D eigenvalue weighted by atomic mass is 79.9. The van der Waals surface area contributed by atoms with Gasteiger partial charge in [0.2, 0.25) is 0 Å². The molecule has 0 atom stereocenters. The van der Waals surface area contributed by atoms with Gasteiger partial charge in [0, 0.05) is 64.1 Å². The highest BCUT2D eigenvalue weighted by Gasteiger charge is 2.30. The highest BCUT2D eigenvalue weighted by Crippen LogP contribution is 2.28. The molecule has 2 fully saturated rings. The van der Waals surface area contributed by atoms with E-state index in [0.717, 1.165) is 40.2 Å². The summed E-state index contributed by atoms with van der Waals surface area (Å²) in [6.45, 7) is 1.56. The maximum absolute atomic E-state index is 12.7. The Hall–Kier alpha value is -3.42. The fourth-order valence-corrected chi connectivity index (χ4v) is 5.25. The van der Waals surface area contributed by atoms with Crippen LogP contribution in [0.3, 0.4) is 0 Å². The zero-order valence-corrected chi connectivity index (χ0v) is 27.4. The number of aryl methyl sites for hydroxylation is 2. The van der Waals surface area contributed by atoms with E-state index in [2.05, 4.69) is 69.2 Å². The third-order valence-electron chi connectivity index (χ3n) is 7.26. The van der Waals surface area contributed by atoms with E-state index in [4.69, 9.17) is 5.11 Å². The monoisotopic (exact) mass is 714 g/mol. The number of imidazole rings is 2. The lowest BCUT2D eigenvalue weighted by molar-refractivity contribution is 0.0550. The number of carboxylic acids is 1. The molecule has 4 heterocycles. The number of hydrogen-bond acceptors (Lipinski definition) is 7. The average molecular weight is 716 g/mol. The first-order chi connectivity index (χ1) is 20.7. The van der Waals surface area contributed by atoms with Gasteiger partial charge < -0.3 is 24.5 Å². The van der Waals surface area contributed by atoms with E-state index < -0.39 is 5.97 Å². The molecule has 2 N–H and O–H groups in total. The molecule has 0 radical (unpaired) electrons. The Morgan fingerprint density at radius 2 is 1.44 bits per heavy atom. The molecule has 4 aromatic heterocycles. The van der Waals surface area contributed by atoms with Crippen molar-refractivity contribution in [2.24, 2.45) is 14.1 Å². The van der Waals surface area contributed by atoms with Gasteiger partial charge in [0.15, 0.2) is 5.69 Å². The van der Waals surface area contributed by atoms with Crippen molar-refractivity contribution in [1.82, 2.24) is 39.3 Å². The number of aromatic carboxylic acids is 1. The predicted molar refractivity (Wildman–Crippen MR) is 169 cm³/mol. The molecule has 2 aliphatic rings. The molecule has 1 amide bonds. The van der Waals surface area contributed by atoms with E-state index in [1.165, 1.54) is 43.8 Å². The normalized spacial score (nSPS) is 14.3. The lowest BCUT2D eigenvalue weighted by Gasteiger charge is -2.37. The molecule has 2 saturated carbocycles. The first-order valence-corrected chi connectivity index (χ1v) is 15.7. The van der Waals surface area contributed by atoms with E-state index in [1.54, 1.807) is 34.9 Å². The smallest absolute Gasteiger partial charge is 0.356 e. The largest absolute Gasteiger partial charge is 0.476 e. The summed E-state index contributed by atoms with van der Waals surface area (Å²) >= 11 is 6.74. The third kappa shape index (κ3) is 10.1. The second-order valence-electron chi connectivity index (χ2n) is 10.7. The lowest BCUT2D eigenvalue weighted by atomic mass is 9.91. The van der Waals surface area contributed by atoms with E-state index in [-0.39, 0.29) is 11.6 Å². The summed E-state index contributed by atoms with van der Waals surface area (Å²) in [5.41, 5.74) is 2.97. The number of hydrogen-bond donors (Lipinski definition) is 2. The average Bonchev–Trinajstić information content (AvgIpc) is 3.55. The Labute approximate surface area is 268 Å². The summed E-state index contributed by atoms with van der Waals surface area (Å²) in [5.74, 6) is -0.983. The molecule has 0 aliphatic heterocycles. The molecule has 6 rings (SSSR count). The van der Waals surface area contributed by atoms with Crippen LogP contribution in [0.1, 0.15) is 70.6 Å². The van der Waals surface area contributed by atoms with Crippen LogP contribution >= 0.6 is 31.9 Å². The van der Waals surface area contributed by atoms with Gasteiger partial charge in [0.25, 0.3) is 5.91 Å². The minimum absolute atomic E-state index is 0.00762. The van der Waals surface area contributed by atoms with Gasteiger partial charge in [-0.3, -0.25) is 4.79 Å². The summed E-state index contributed by atoms with van der Waals surface area (Å²) in [5, 5.41) is 11.8. The molecule has 0 bridgehead atoms. The molecule has 13 heteroatoms. The van der Waals surface area contributed by atoms with E-state index >= 15 is 0 Å².